The minimum Gasteiger partial charge on any atom is -0.391 e. The zero-order valence-corrected chi connectivity index (χ0v) is 55.3. The Morgan fingerprint density at radius 3 is 0.848 bits per heavy atom. The van der Waals surface area contributed by atoms with Crippen molar-refractivity contribution in [1.82, 2.24) is 5.32 Å². The fraction of sp³-hybridized carbons (Fsp3) is 0.986. The summed E-state index contributed by atoms with van der Waals surface area (Å²) in [4.78, 5) is 23.5. The summed E-state index contributed by atoms with van der Waals surface area (Å²) in [6, 6.07) is -0.757. The highest BCUT2D eigenvalue weighted by molar-refractivity contribution is 7.47. The number of amides is 1. The average molecular weight is 1140 g/mol. The standard InChI is InChI=1S/C70H143N2O6P/c1-6-8-10-12-14-16-18-20-22-24-26-28-30-32-33-34-35-36-37-38-39-40-42-44-46-48-50-52-54-56-58-60-62-64-70(74)71-68(67-78-79(75,76)77-66-65-72(3,4)5)69(73)63-61-59-57-55-53-51-49-47-45-43-41-31-29-27-25-23-21-19-17-15-13-11-9-7-2/h68-69,73H,6-67H2,1-5H3,(H-,71,74,75,76)/p+1. The van der Waals surface area contributed by atoms with Gasteiger partial charge in [0.2, 0.25) is 5.91 Å². The van der Waals surface area contributed by atoms with E-state index in [9.17, 15) is 19.4 Å². The molecule has 0 bridgehead atoms. The zero-order valence-electron chi connectivity index (χ0n) is 54.4. The average Bonchev–Trinajstić information content (AvgIpc) is 3.42. The first-order valence-corrected chi connectivity index (χ1v) is 37.4. The molecule has 79 heavy (non-hydrogen) atoms. The number of nitrogens with zero attached hydrogens (tertiary/aromatic N) is 1. The normalized spacial score (nSPS) is 13.6. The number of aliphatic hydroxyl groups is 1. The van der Waals surface area contributed by atoms with Gasteiger partial charge in [-0.15, -0.1) is 0 Å². The minimum absolute atomic E-state index is 0.0795. The Labute approximate surface area is 495 Å². The maximum absolute atomic E-state index is 13.1. The van der Waals surface area contributed by atoms with Gasteiger partial charge in [-0.25, -0.2) is 4.57 Å². The Hall–Kier alpha value is -0.500. The van der Waals surface area contributed by atoms with E-state index in [1.165, 1.54) is 327 Å². The molecule has 0 heterocycles. The molecule has 0 aliphatic rings. The molecule has 8 nitrogen and oxygen atoms in total. The second-order valence-electron chi connectivity index (χ2n) is 26.3. The van der Waals surface area contributed by atoms with Crippen molar-refractivity contribution in [2.75, 3.05) is 40.9 Å². The van der Waals surface area contributed by atoms with Crippen molar-refractivity contribution in [2.24, 2.45) is 0 Å². The van der Waals surface area contributed by atoms with Crippen LogP contribution in [0.5, 0.6) is 0 Å². The maximum Gasteiger partial charge on any atom is 0.472 e. The van der Waals surface area contributed by atoms with Gasteiger partial charge in [-0.1, -0.05) is 373 Å². The summed E-state index contributed by atoms with van der Waals surface area (Å²) in [5.74, 6) is -0.133. The van der Waals surface area contributed by atoms with E-state index < -0.39 is 20.0 Å². The highest BCUT2D eigenvalue weighted by Crippen LogP contribution is 2.43. The summed E-state index contributed by atoms with van der Waals surface area (Å²) in [7, 11) is 1.64. The molecule has 0 aromatic heterocycles. The van der Waals surface area contributed by atoms with Gasteiger partial charge in [0.05, 0.1) is 39.9 Å². The van der Waals surface area contributed by atoms with Gasteiger partial charge >= 0.3 is 7.82 Å². The summed E-state index contributed by atoms with van der Waals surface area (Å²) in [6.07, 6.45) is 77.9. The molecule has 3 N–H and O–H groups in total. The second-order valence-corrected chi connectivity index (χ2v) is 27.8. The van der Waals surface area contributed by atoms with Crippen molar-refractivity contribution in [2.45, 2.75) is 405 Å². The van der Waals surface area contributed by atoms with Crippen LogP contribution in [0, 0.1) is 0 Å². The maximum atomic E-state index is 13.1. The van der Waals surface area contributed by atoms with Crippen molar-refractivity contribution in [3.8, 4) is 0 Å². The highest BCUT2D eigenvalue weighted by Gasteiger charge is 2.28. The molecule has 3 atom stereocenters. The number of hydrogen-bond acceptors (Lipinski definition) is 5. The monoisotopic (exact) mass is 1140 g/mol. The van der Waals surface area contributed by atoms with Crippen LogP contribution in [0.2, 0.25) is 0 Å². The molecule has 0 saturated carbocycles. The number of carbonyl (C=O) groups excluding carboxylic acids is 1. The molecule has 0 fully saturated rings. The summed E-state index contributed by atoms with van der Waals surface area (Å²) in [5, 5.41) is 14.2. The van der Waals surface area contributed by atoms with Crippen LogP contribution in [0.1, 0.15) is 393 Å². The minimum atomic E-state index is -4.33. The van der Waals surface area contributed by atoms with Crippen LogP contribution in [0.4, 0.5) is 0 Å². The van der Waals surface area contributed by atoms with E-state index >= 15 is 0 Å². The highest BCUT2D eigenvalue weighted by atomic mass is 31.2. The molecule has 0 rings (SSSR count). The van der Waals surface area contributed by atoms with E-state index in [0.717, 1.165) is 38.5 Å². The zero-order chi connectivity index (χ0) is 57.7. The number of aliphatic hydroxyl groups excluding tert-OH is 1. The lowest BCUT2D eigenvalue weighted by Crippen LogP contribution is -2.46. The van der Waals surface area contributed by atoms with Gasteiger partial charge in [0.15, 0.2) is 0 Å². The Morgan fingerprint density at radius 1 is 0.380 bits per heavy atom. The molecule has 0 aromatic rings. The summed E-state index contributed by atoms with van der Waals surface area (Å²) in [5.41, 5.74) is 0. The molecular weight excluding hydrogens is 996 g/mol. The molecule has 9 heteroatoms. The smallest absolute Gasteiger partial charge is 0.391 e. The predicted molar refractivity (Wildman–Crippen MR) is 346 cm³/mol. The Kier molecular flexibility index (Phi) is 61.7. The van der Waals surface area contributed by atoms with Gasteiger partial charge in [0, 0.05) is 6.42 Å². The van der Waals surface area contributed by atoms with Gasteiger partial charge in [-0.2, -0.15) is 0 Å². The molecule has 0 radical (unpaired) electrons. The topological polar surface area (TPSA) is 105 Å². The molecule has 1 amide bonds. The number of carbonyl (C=O) groups is 1. The van der Waals surface area contributed by atoms with Crippen molar-refractivity contribution in [1.29, 1.82) is 0 Å². The van der Waals surface area contributed by atoms with Crippen LogP contribution in [0.25, 0.3) is 0 Å². The molecular formula is C70H144N2O6P+. The summed E-state index contributed by atoms with van der Waals surface area (Å²) in [6.45, 7) is 4.97. The number of phosphoric ester groups is 1. The molecule has 0 saturated heterocycles. The fourth-order valence-corrected chi connectivity index (χ4v) is 12.3. The van der Waals surface area contributed by atoms with E-state index in [1.54, 1.807) is 0 Å². The third-order valence-corrected chi connectivity index (χ3v) is 18.1. The lowest BCUT2D eigenvalue weighted by atomic mass is 10.0. The predicted octanol–water partition coefficient (Wildman–Crippen LogP) is 22.7. The van der Waals surface area contributed by atoms with Gasteiger partial charge in [0.25, 0.3) is 0 Å². The van der Waals surface area contributed by atoms with E-state index in [-0.39, 0.29) is 19.1 Å². The molecule has 0 aliphatic heterocycles. The number of hydrogen-bond donors (Lipinski definition) is 3. The lowest BCUT2D eigenvalue weighted by Gasteiger charge is -2.26. The van der Waals surface area contributed by atoms with E-state index in [0.29, 0.717) is 23.9 Å². The molecule has 474 valence electrons. The largest absolute Gasteiger partial charge is 0.472 e. The van der Waals surface area contributed by atoms with Crippen molar-refractivity contribution in [3.05, 3.63) is 0 Å². The molecule has 0 spiro atoms. The number of unbranched alkanes of at least 4 members (excludes halogenated alkanes) is 55. The van der Waals surface area contributed by atoms with Gasteiger partial charge < -0.3 is 19.8 Å². The number of likely N-dealkylation sites (N-methyl/N-ethyl adjacent to an activating group) is 1. The van der Waals surface area contributed by atoms with Crippen LogP contribution in [-0.4, -0.2) is 73.4 Å². The number of phosphoric acid groups is 1. The van der Waals surface area contributed by atoms with Crippen LogP contribution in [-0.2, 0) is 18.4 Å². The number of nitrogens with one attached hydrogen (secondary N) is 1. The Balaban J connectivity index is 3.94. The van der Waals surface area contributed by atoms with Gasteiger partial charge in [0.1, 0.15) is 13.2 Å². The van der Waals surface area contributed by atoms with E-state index in [1.807, 2.05) is 21.1 Å². The van der Waals surface area contributed by atoms with Gasteiger partial charge in [-0.3, -0.25) is 13.8 Å². The second kappa shape index (κ2) is 62.0. The number of rotatable bonds is 68. The molecule has 0 aliphatic carbocycles. The summed E-state index contributed by atoms with van der Waals surface area (Å²) < 4.78 is 23.9. The van der Waals surface area contributed by atoms with Crippen molar-refractivity contribution >= 4 is 13.7 Å². The van der Waals surface area contributed by atoms with Gasteiger partial charge in [-0.05, 0) is 12.8 Å². The fourth-order valence-electron chi connectivity index (χ4n) is 11.5. The third-order valence-electron chi connectivity index (χ3n) is 17.1. The SMILES string of the molecule is CCCCCCCCCCCCCCCCCCCCCCCCCCCCCCCCCCCC(=O)NC(COP(=O)(O)OCC[N+](C)(C)C)C(O)CCCCCCCCCCCCCCCCCCCCCCCCCC. The molecule has 0 aromatic carbocycles. The summed E-state index contributed by atoms with van der Waals surface area (Å²) >= 11 is 0. The van der Waals surface area contributed by atoms with Crippen LogP contribution in [0.15, 0.2) is 0 Å². The lowest BCUT2D eigenvalue weighted by molar-refractivity contribution is -0.870. The first kappa shape index (κ1) is 78.5. The first-order valence-electron chi connectivity index (χ1n) is 35.9. The Morgan fingerprint density at radius 2 is 0.608 bits per heavy atom. The van der Waals surface area contributed by atoms with Crippen LogP contribution >= 0.6 is 7.82 Å². The molecule has 3 unspecified atom stereocenters. The Bertz CT molecular complexity index is 1250. The quantitative estimate of drug-likeness (QED) is 0.0318. The number of quaternary nitrogens is 1. The van der Waals surface area contributed by atoms with Crippen molar-refractivity contribution in [3.63, 3.8) is 0 Å². The third kappa shape index (κ3) is 64.9. The van der Waals surface area contributed by atoms with E-state index in [2.05, 4.69) is 19.2 Å². The van der Waals surface area contributed by atoms with E-state index in [4.69, 9.17) is 9.05 Å². The van der Waals surface area contributed by atoms with Crippen LogP contribution < -0.4 is 5.32 Å². The first-order chi connectivity index (χ1) is 38.5. The van der Waals surface area contributed by atoms with Crippen molar-refractivity contribution < 1.29 is 32.9 Å². The van der Waals surface area contributed by atoms with Crippen LogP contribution in [0.3, 0.4) is 0 Å².